The number of hydrogen-bond acceptors (Lipinski definition) is 3. The van der Waals surface area contributed by atoms with Gasteiger partial charge in [-0.2, -0.15) is 13.2 Å². The third-order valence-corrected chi connectivity index (χ3v) is 4.16. The molecule has 0 bridgehead atoms. The van der Waals surface area contributed by atoms with Crippen molar-refractivity contribution in [2.45, 2.75) is 63.4 Å². The Labute approximate surface area is 122 Å². The second-order valence-corrected chi connectivity index (χ2v) is 5.92. The van der Waals surface area contributed by atoms with Gasteiger partial charge in [-0.1, -0.05) is 0 Å². The number of aliphatic hydroxyl groups is 1. The lowest BCUT2D eigenvalue weighted by Crippen LogP contribution is -2.41. The summed E-state index contributed by atoms with van der Waals surface area (Å²) in [5, 5.41) is 13.3. The van der Waals surface area contributed by atoms with Crippen molar-refractivity contribution in [2.24, 2.45) is 5.92 Å². The Balaban J connectivity index is 1.73. The molecule has 0 saturated heterocycles. The van der Waals surface area contributed by atoms with Crippen LogP contribution in [0.4, 0.5) is 13.2 Å². The van der Waals surface area contributed by atoms with E-state index in [-0.39, 0.29) is 24.9 Å². The Hall–Kier alpha value is -1.01. The fourth-order valence-corrected chi connectivity index (χ4v) is 2.99. The first-order valence-corrected chi connectivity index (χ1v) is 7.40. The van der Waals surface area contributed by atoms with Crippen LogP contribution >= 0.6 is 0 Å². The number of halogens is 3. The van der Waals surface area contributed by atoms with Gasteiger partial charge in [0.25, 0.3) is 0 Å². The molecule has 1 heterocycles. The molecule has 1 fully saturated rings. The predicted molar refractivity (Wildman–Crippen MR) is 72.7 cm³/mol. The van der Waals surface area contributed by atoms with E-state index < -0.39 is 18.2 Å². The molecular weight excluding hydrogens is 283 g/mol. The SMILES string of the molecule is C[C@@H](C[C@H](O)c1ccco1)NC1CCC(C(F)(F)F)CC1. The highest BCUT2D eigenvalue weighted by Gasteiger charge is 2.41. The molecule has 21 heavy (non-hydrogen) atoms. The molecule has 1 aromatic rings. The van der Waals surface area contributed by atoms with E-state index in [9.17, 15) is 18.3 Å². The van der Waals surface area contributed by atoms with E-state index in [1.807, 2.05) is 6.92 Å². The van der Waals surface area contributed by atoms with E-state index in [2.05, 4.69) is 5.32 Å². The minimum atomic E-state index is -4.06. The molecule has 0 unspecified atom stereocenters. The molecule has 2 N–H and O–H groups in total. The molecule has 1 aliphatic rings. The minimum absolute atomic E-state index is 0.0255. The van der Waals surface area contributed by atoms with Crippen LogP contribution in [0.3, 0.4) is 0 Å². The van der Waals surface area contributed by atoms with Crippen molar-refractivity contribution in [3.63, 3.8) is 0 Å². The van der Waals surface area contributed by atoms with E-state index in [0.717, 1.165) is 0 Å². The molecule has 0 amide bonds. The first-order chi connectivity index (χ1) is 9.86. The maximum Gasteiger partial charge on any atom is 0.391 e. The van der Waals surface area contributed by atoms with E-state index in [0.29, 0.717) is 25.0 Å². The molecule has 0 aliphatic heterocycles. The second kappa shape index (κ2) is 6.83. The lowest BCUT2D eigenvalue weighted by atomic mass is 9.85. The maximum absolute atomic E-state index is 12.6. The summed E-state index contributed by atoms with van der Waals surface area (Å²) in [5.74, 6) is -0.635. The summed E-state index contributed by atoms with van der Waals surface area (Å²) in [5.41, 5.74) is 0. The van der Waals surface area contributed by atoms with Crippen LogP contribution in [0.2, 0.25) is 0 Å². The van der Waals surface area contributed by atoms with Crippen LogP contribution in [0.1, 0.15) is 50.9 Å². The Morgan fingerprint density at radius 1 is 1.33 bits per heavy atom. The average Bonchev–Trinajstić information content (AvgIpc) is 2.92. The monoisotopic (exact) mass is 305 g/mol. The highest BCUT2D eigenvalue weighted by Crippen LogP contribution is 2.37. The highest BCUT2D eigenvalue weighted by atomic mass is 19.4. The predicted octanol–water partition coefficient (Wildman–Crippen LogP) is 3.80. The van der Waals surface area contributed by atoms with Crippen molar-refractivity contribution in [2.75, 3.05) is 0 Å². The Morgan fingerprint density at radius 2 is 2.00 bits per heavy atom. The molecule has 0 aromatic carbocycles. The first-order valence-electron chi connectivity index (χ1n) is 7.40. The summed E-state index contributed by atoms with van der Waals surface area (Å²) < 4.78 is 42.9. The molecule has 2 rings (SSSR count). The smallest absolute Gasteiger partial charge is 0.391 e. The molecule has 120 valence electrons. The van der Waals surface area contributed by atoms with Gasteiger partial charge >= 0.3 is 6.18 Å². The lowest BCUT2D eigenvalue weighted by molar-refractivity contribution is -0.182. The normalized spacial score (nSPS) is 26.5. The van der Waals surface area contributed by atoms with Crippen molar-refractivity contribution in [3.8, 4) is 0 Å². The summed E-state index contributed by atoms with van der Waals surface area (Å²) >= 11 is 0. The first kappa shape index (κ1) is 16.4. The topological polar surface area (TPSA) is 45.4 Å². The second-order valence-electron chi connectivity index (χ2n) is 5.92. The highest BCUT2D eigenvalue weighted by molar-refractivity contribution is 5.02. The molecule has 0 radical (unpaired) electrons. The Kier molecular flexibility index (Phi) is 5.32. The molecule has 0 spiro atoms. The third-order valence-electron chi connectivity index (χ3n) is 4.16. The Morgan fingerprint density at radius 3 is 2.52 bits per heavy atom. The van der Waals surface area contributed by atoms with Gasteiger partial charge in [-0.25, -0.2) is 0 Å². The number of hydrogen-bond donors (Lipinski definition) is 2. The number of aliphatic hydroxyl groups excluding tert-OH is 1. The molecular formula is C15H22F3NO2. The van der Waals surface area contributed by atoms with Gasteiger partial charge in [0.05, 0.1) is 12.2 Å². The van der Waals surface area contributed by atoms with Crippen LogP contribution < -0.4 is 5.32 Å². The van der Waals surface area contributed by atoms with Crippen molar-refractivity contribution in [1.82, 2.24) is 5.32 Å². The van der Waals surface area contributed by atoms with Crippen LogP contribution in [0.15, 0.2) is 22.8 Å². The quantitative estimate of drug-likeness (QED) is 0.869. The third kappa shape index (κ3) is 4.74. The number of furan rings is 1. The number of alkyl halides is 3. The van der Waals surface area contributed by atoms with E-state index in [4.69, 9.17) is 4.42 Å². The summed E-state index contributed by atoms with van der Waals surface area (Å²) in [6, 6.07) is 3.56. The van der Waals surface area contributed by atoms with E-state index >= 15 is 0 Å². The van der Waals surface area contributed by atoms with Gasteiger partial charge in [-0.3, -0.25) is 0 Å². The van der Waals surface area contributed by atoms with Gasteiger partial charge in [0.1, 0.15) is 11.9 Å². The molecule has 1 aliphatic carbocycles. The number of nitrogens with one attached hydrogen (secondary N) is 1. The van der Waals surface area contributed by atoms with Gasteiger partial charge in [-0.15, -0.1) is 0 Å². The minimum Gasteiger partial charge on any atom is -0.467 e. The van der Waals surface area contributed by atoms with Gasteiger partial charge in [-0.05, 0) is 51.2 Å². The molecule has 1 aromatic heterocycles. The van der Waals surface area contributed by atoms with Crippen LogP contribution in [-0.4, -0.2) is 23.4 Å². The van der Waals surface area contributed by atoms with Gasteiger partial charge in [0.15, 0.2) is 0 Å². The largest absolute Gasteiger partial charge is 0.467 e. The summed E-state index contributed by atoms with van der Waals surface area (Å²) in [4.78, 5) is 0. The van der Waals surface area contributed by atoms with Crippen LogP contribution in [-0.2, 0) is 0 Å². The summed E-state index contributed by atoms with van der Waals surface area (Å²) in [6.07, 6.45) is -1.32. The molecule has 1 saturated carbocycles. The lowest BCUT2D eigenvalue weighted by Gasteiger charge is -2.32. The van der Waals surface area contributed by atoms with Crippen molar-refractivity contribution in [1.29, 1.82) is 0 Å². The Bertz CT molecular complexity index is 411. The fraction of sp³-hybridized carbons (Fsp3) is 0.733. The van der Waals surface area contributed by atoms with Crippen molar-refractivity contribution >= 4 is 0 Å². The van der Waals surface area contributed by atoms with Crippen LogP contribution in [0, 0.1) is 5.92 Å². The molecule has 2 atom stereocenters. The van der Waals surface area contributed by atoms with Crippen LogP contribution in [0.25, 0.3) is 0 Å². The zero-order chi connectivity index (χ0) is 15.5. The van der Waals surface area contributed by atoms with Crippen molar-refractivity contribution < 1.29 is 22.7 Å². The van der Waals surface area contributed by atoms with Crippen LogP contribution in [0.5, 0.6) is 0 Å². The number of rotatable bonds is 5. The zero-order valence-corrected chi connectivity index (χ0v) is 12.1. The zero-order valence-electron chi connectivity index (χ0n) is 12.1. The van der Waals surface area contributed by atoms with E-state index in [1.54, 1.807) is 12.1 Å². The maximum atomic E-state index is 12.6. The molecule has 3 nitrogen and oxygen atoms in total. The van der Waals surface area contributed by atoms with E-state index in [1.165, 1.54) is 6.26 Å². The molecule has 6 heteroatoms. The standard InChI is InChI=1S/C15H22F3NO2/c1-10(9-13(20)14-3-2-8-21-14)19-12-6-4-11(5-7-12)15(16,17)18/h2-3,8,10-13,19-20H,4-7,9H2,1H3/t10-,11?,12?,13-/m0/s1. The van der Waals surface area contributed by atoms with Gasteiger partial charge in [0, 0.05) is 12.1 Å². The average molecular weight is 305 g/mol. The summed E-state index contributed by atoms with van der Waals surface area (Å²) in [6.45, 7) is 1.93. The summed E-state index contributed by atoms with van der Waals surface area (Å²) in [7, 11) is 0. The van der Waals surface area contributed by atoms with Crippen molar-refractivity contribution in [3.05, 3.63) is 24.2 Å². The van der Waals surface area contributed by atoms with Gasteiger partial charge < -0.3 is 14.8 Å². The fourth-order valence-electron chi connectivity index (χ4n) is 2.99. The van der Waals surface area contributed by atoms with Gasteiger partial charge in [0.2, 0.25) is 0 Å².